The molecule has 0 fully saturated rings. The Morgan fingerprint density at radius 2 is 1.75 bits per heavy atom. The number of hydrogen-bond acceptors (Lipinski definition) is 2. The Hall–Kier alpha value is -2.28. The molecule has 0 saturated heterocycles. The summed E-state index contributed by atoms with van der Waals surface area (Å²) in [6.07, 6.45) is -4.47. The van der Waals surface area contributed by atoms with Gasteiger partial charge in [0.15, 0.2) is 0 Å². The second kappa shape index (κ2) is 7.53. The summed E-state index contributed by atoms with van der Waals surface area (Å²) in [6.45, 7) is 0.0913. The maximum absolute atomic E-state index is 12.8. The van der Waals surface area contributed by atoms with E-state index >= 15 is 0 Å². The van der Waals surface area contributed by atoms with Crippen molar-refractivity contribution in [3.8, 4) is 0 Å². The molecule has 0 spiro atoms. The van der Waals surface area contributed by atoms with Gasteiger partial charge in [-0.25, -0.2) is 4.39 Å². The van der Waals surface area contributed by atoms with Crippen LogP contribution < -0.4 is 10.6 Å². The summed E-state index contributed by atoms with van der Waals surface area (Å²) in [6, 6.07) is 8.14. The number of amides is 1. The number of anilines is 2. The van der Waals surface area contributed by atoms with Crippen molar-refractivity contribution in [2.75, 3.05) is 17.2 Å². The Kier molecular flexibility index (Phi) is 5.66. The number of nitrogens with one attached hydrogen (secondary N) is 2. The van der Waals surface area contributed by atoms with E-state index in [1.807, 2.05) is 0 Å². The molecule has 0 bridgehead atoms. The molecule has 2 aromatic carbocycles. The summed E-state index contributed by atoms with van der Waals surface area (Å²) in [5.41, 5.74) is -0.301. The van der Waals surface area contributed by atoms with Crippen LogP contribution in [-0.2, 0) is 11.0 Å². The van der Waals surface area contributed by atoms with Gasteiger partial charge in [0.1, 0.15) is 5.82 Å². The van der Waals surface area contributed by atoms with Crippen molar-refractivity contribution in [2.24, 2.45) is 0 Å². The maximum Gasteiger partial charge on any atom is 0.416 e. The molecule has 2 aromatic rings. The Bertz CT molecular complexity index is 717. The molecule has 0 aliphatic carbocycles. The van der Waals surface area contributed by atoms with E-state index in [1.165, 1.54) is 24.3 Å². The molecule has 0 aliphatic rings. The molecule has 1 amide bonds. The molecule has 2 N–H and O–H groups in total. The lowest BCUT2D eigenvalue weighted by Gasteiger charge is -2.12. The summed E-state index contributed by atoms with van der Waals surface area (Å²) >= 11 is 5.84. The standard InChI is InChI=1S/C16H13ClF4N2O/c17-13-6-1-10(16(19,20)21)9-14(13)22-8-7-15(24)23-12-4-2-11(18)3-5-12/h1-6,9,22H,7-8H2,(H,23,24). The average molecular weight is 361 g/mol. The number of carbonyl (C=O) groups is 1. The van der Waals surface area contributed by atoms with Crippen molar-refractivity contribution >= 4 is 28.9 Å². The first-order chi connectivity index (χ1) is 11.3. The first-order valence-electron chi connectivity index (χ1n) is 6.92. The molecule has 0 atom stereocenters. The van der Waals surface area contributed by atoms with Crippen LogP contribution in [0.3, 0.4) is 0 Å². The van der Waals surface area contributed by atoms with Crippen molar-refractivity contribution < 1.29 is 22.4 Å². The second-order valence-corrected chi connectivity index (χ2v) is 5.33. The van der Waals surface area contributed by atoms with E-state index < -0.39 is 17.6 Å². The molecule has 0 saturated carbocycles. The minimum Gasteiger partial charge on any atom is -0.383 e. The van der Waals surface area contributed by atoms with Crippen molar-refractivity contribution in [1.82, 2.24) is 0 Å². The smallest absolute Gasteiger partial charge is 0.383 e. The number of alkyl halides is 3. The molecule has 3 nitrogen and oxygen atoms in total. The fraction of sp³-hybridized carbons (Fsp3) is 0.188. The molecule has 0 heterocycles. The summed E-state index contributed by atoms with van der Waals surface area (Å²) in [5, 5.41) is 5.37. The zero-order chi connectivity index (χ0) is 17.7. The van der Waals surface area contributed by atoms with Crippen LogP contribution in [0, 0.1) is 5.82 Å². The molecule has 8 heteroatoms. The minimum absolute atomic E-state index is 0.00392. The van der Waals surface area contributed by atoms with Gasteiger partial charge in [0.25, 0.3) is 0 Å². The summed E-state index contributed by atoms with van der Waals surface area (Å²) in [5.74, 6) is -0.786. The SMILES string of the molecule is O=C(CCNc1cc(C(F)(F)F)ccc1Cl)Nc1ccc(F)cc1. The monoisotopic (exact) mass is 360 g/mol. The van der Waals surface area contributed by atoms with Gasteiger partial charge in [-0.1, -0.05) is 11.6 Å². The lowest BCUT2D eigenvalue weighted by atomic mass is 10.2. The molecular formula is C16H13ClF4N2O. The predicted molar refractivity (Wildman–Crippen MR) is 84.6 cm³/mol. The average Bonchev–Trinajstić information content (AvgIpc) is 2.50. The Morgan fingerprint density at radius 3 is 2.38 bits per heavy atom. The summed E-state index contributed by atoms with van der Waals surface area (Å²) in [7, 11) is 0. The summed E-state index contributed by atoms with van der Waals surface area (Å²) in [4.78, 5) is 11.7. The number of halogens is 5. The lowest BCUT2D eigenvalue weighted by molar-refractivity contribution is -0.137. The van der Waals surface area contributed by atoms with Gasteiger partial charge in [-0.05, 0) is 42.5 Å². The van der Waals surface area contributed by atoms with Crippen LogP contribution in [0.2, 0.25) is 5.02 Å². The highest BCUT2D eigenvalue weighted by Gasteiger charge is 2.30. The molecule has 0 radical (unpaired) electrons. The van der Waals surface area contributed by atoms with Gasteiger partial charge in [0.05, 0.1) is 16.3 Å². The van der Waals surface area contributed by atoms with Crippen molar-refractivity contribution in [3.63, 3.8) is 0 Å². The number of benzene rings is 2. The van der Waals surface area contributed by atoms with E-state index in [0.29, 0.717) is 5.69 Å². The van der Waals surface area contributed by atoms with Gasteiger partial charge in [0, 0.05) is 18.7 Å². The van der Waals surface area contributed by atoms with E-state index in [-0.39, 0.29) is 29.6 Å². The number of carbonyl (C=O) groups excluding carboxylic acids is 1. The second-order valence-electron chi connectivity index (χ2n) is 4.92. The zero-order valence-electron chi connectivity index (χ0n) is 12.3. The fourth-order valence-corrected chi connectivity index (χ4v) is 2.09. The van der Waals surface area contributed by atoms with Crippen LogP contribution >= 0.6 is 11.6 Å². The van der Waals surface area contributed by atoms with Crippen LogP contribution in [0.5, 0.6) is 0 Å². The number of rotatable bonds is 5. The Labute approximate surface area is 140 Å². The van der Waals surface area contributed by atoms with E-state index in [4.69, 9.17) is 11.6 Å². The normalized spacial score (nSPS) is 11.2. The zero-order valence-corrected chi connectivity index (χ0v) is 13.0. The summed E-state index contributed by atoms with van der Waals surface area (Å²) < 4.78 is 50.7. The van der Waals surface area contributed by atoms with E-state index in [2.05, 4.69) is 10.6 Å². The molecule has 24 heavy (non-hydrogen) atoms. The number of hydrogen-bond donors (Lipinski definition) is 2. The van der Waals surface area contributed by atoms with Gasteiger partial charge in [0.2, 0.25) is 5.91 Å². The van der Waals surface area contributed by atoms with E-state index in [0.717, 1.165) is 18.2 Å². The minimum atomic E-state index is -4.47. The highest BCUT2D eigenvalue weighted by atomic mass is 35.5. The molecular weight excluding hydrogens is 348 g/mol. The van der Waals surface area contributed by atoms with Crippen LogP contribution in [0.4, 0.5) is 28.9 Å². The van der Waals surface area contributed by atoms with Crippen molar-refractivity contribution in [3.05, 3.63) is 58.9 Å². The van der Waals surface area contributed by atoms with E-state index in [1.54, 1.807) is 0 Å². The van der Waals surface area contributed by atoms with Crippen LogP contribution in [0.1, 0.15) is 12.0 Å². The first kappa shape index (κ1) is 18.1. The fourth-order valence-electron chi connectivity index (χ4n) is 1.90. The Balaban J connectivity index is 1.89. The highest BCUT2D eigenvalue weighted by molar-refractivity contribution is 6.33. The first-order valence-corrected chi connectivity index (χ1v) is 7.29. The third kappa shape index (κ3) is 5.13. The highest BCUT2D eigenvalue weighted by Crippen LogP contribution is 2.33. The van der Waals surface area contributed by atoms with Gasteiger partial charge < -0.3 is 10.6 Å². The van der Waals surface area contributed by atoms with Gasteiger partial charge >= 0.3 is 6.18 Å². The maximum atomic E-state index is 12.8. The molecule has 128 valence electrons. The quantitative estimate of drug-likeness (QED) is 0.742. The van der Waals surface area contributed by atoms with E-state index in [9.17, 15) is 22.4 Å². The molecule has 0 aromatic heterocycles. The molecule has 0 unspecified atom stereocenters. The third-order valence-corrected chi connectivity index (χ3v) is 3.42. The van der Waals surface area contributed by atoms with Crippen LogP contribution in [0.15, 0.2) is 42.5 Å². The third-order valence-electron chi connectivity index (χ3n) is 3.09. The topological polar surface area (TPSA) is 41.1 Å². The van der Waals surface area contributed by atoms with Crippen molar-refractivity contribution in [2.45, 2.75) is 12.6 Å². The van der Waals surface area contributed by atoms with Crippen LogP contribution in [-0.4, -0.2) is 12.5 Å². The molecule has 2 rings (SSSR count). The lowest BCUT2D eigenvalue weighted by Crippen LogP contribution is -2.16. The Morgan fingerprint density at radius 1 is 1.08 bits per heavy atom. The molecule has 0 aliphatic heterocycles. The van der Waals surface area contributed by atoms with Crippen LogP contribution in [0.25, 0.3) is 0 Å². The van der Waals surface area contributed by atoms with Crippen molar-refractivity contribution in [1.29, 1.82) is 0 Å². The van der Waals surface area contributed by atoms with Gasteiger partial charge in [-0.2, -0.15) is 13.2 Å². The predicted octanol–water partition coefficient (Wildman–Crippen LogP) is 4.94. The van der Waals surface area contributed by atoms with Gasteiger partial charge in [-0.15, -0.1) is 0 Å². The largest absolute Gasteiger partial charge is 0.416 e. The van der Waals surface area contributed by atoms with Gasteiger partial charge in [-0.3, -0.25) is 4.79 Å².